The first kappa shape index (κ1) is 18.1. The molecule has 0 heterocycles. The highest BCUT2D eigenvalue weighted by molar-refractivity contribution is 7.80. The van der Waals surface area contributed by atoms with Crippen molar-refractivity contribution < 1.29 is 9.59 Å². The monoisotopic (exact) mass is 224 g/mol. The molecule has 4 amide bonds. The maximum absolute atomic E-state index is 9.85. The van der Waals surface area contributed by atoms with Crippen LogP contribution in [0, 0.1) is 0 Å². The van der Waals surface area contributed by atoms with E-state index in [2.05, 4.69) is 35.2 Å². The van der Waals surface area contributed by atoms with E-state index in [1.54, 1.807) is 14.1 Å². The van der Waals surface area contributed by atoms with E-state index in [0.29, 0.717) is 0 Å². The molecule has 0 aromatic rings. The van der Waals surface area contributed by atoms with Gasteiger partial charge in [0.1, 0.15) is 0 Å². The lowest BCUT2D eigenvalue weighted by atomic mass is 10.9. The van der Waals surface area contributed by atoms with Gasteiger partial charge in [0, 0.05) is 14.1 Å². The fraction of sp³-hybridized carbons (Fsp3) is 0.400. The Morgan fingerprint density at radius 1 is 1.00 bits per heavy atom. The molecule has 0 aliphatic carbocycles. The van der Waals surface area contributed by atoms with Crippen LogP contribution in [-0.4, -0.2) is 36.2 Å². The van der Waals surface area contributed by atoms with Gasteiger partial charge in [-0.25, -0.2) is 9.59 Å². The SMILES string of the molecule is CN(C)C(N)=O.NC(N)=O.NC(N)=S. The molecule has 9 heteroatoms. The molecular weight excluding hydrogens is 208 g/mol. The largest absolute Gasteiger partial charge is 0.377 e. The van der Waals surface area contributed by atoms with Crippen LogP contribution in [0.1, 0.15) is 0 Å². The molecule has 0 saturated carbocycles. The Morgan fingerprint density at radius 2 is 1.07 bits per heavy atom. The van der Waals surface area contributed by atoms with E-state index in [0.717, 1.165) is 0 Å². The minimum atomic E-state index is -0.833. The third-order valence-corrected chi connectivity index (χ3v) is 0.441. The average molecular weight is 224 g/mol. The summed E-state index contributed by atoms with van der Waals surface area (Å²) >= 11 is 4.09. The van der Waals surface area contributed by atoms with Crippen molar-refractivity contribution in [3.8, 4) is 0 Å². The van der Waals surface area contributed by atoms with Crippen LogP contribution in [0.5, 0.6) is 0 Å². The highest BCUT2D eigenvalue weighted by atomic mass is 32.1. The molecule has 0 fully saturated rings. The van der Waals surface area contributed by atoms with E-state index >= 15 is 0 Å². The normalized spacial score (nSPS) is 6.71. The molecule has 0 unspecified atom stereocenters. The van der Waals surface area contributed by atoms with E-state index in [1.165, 1.54) is 4.90 Å². The number of amides is 4. The van der Waals surface area contributed by atoms with Crippen molar-refractivity contribution >= 4 is 29.4 Å². The van der Waals surface area contributed by atoms with Gasteiger partial charge in [0.2, 0.25) is 0 Å². The molecule has 10 N–H and O–H groups in total. The summed E-state index contributed by atoms with van der Waals surface area (Å²) in [7, 11) is 3.20. The molecular formula is C5H16N6O2S. The summed E-state index contributed by atoms with van der Waals surface area (Å²) in [6, 6.07) is -1.24. The fourth-order valence-electron chi connectivity index (χ4n) is 0. The Kier molecular flexibility index (Phi) is 14.5. The van der Waals surface area contributed by atoms with Crippen molar-refractivity contribution in [1.82, 2.24) is 4.90 Å². The lowest BCUT2D eigenvalue weighted by molar-refractivity contribution is 0.227. The van der Waals surface area contributed by atoms with Crippen LogP contribution in [0.25, 0.3) is 0 Å². The van der Waals surface area contributed by atoms with Gasteiger partial charge in [-0.3, -0.25) is 0 Å². The lowest BCUT2D eigenvalue weighted by Gasteiger charge is -2.01. The summed E-state index contributed by atoms with van der Waals surface area (Å²) in [5.74, 6) is 0. The number of carbonyl (C=O) groups excluding carboxylic acids is 2. The molecule has 84 valence electrons. The van der Waals surface area contributed by atoms with Gasteiger partial charge in [-0.1, -0.05) is 0 Å². The summed E-state index contributed by atoms with van der Waals surface area (Å²) in [6.07, 6.45) is 0. The third kappa shape index (κ3) is 175. The maximum Gasteiger partial charge on any atom is 0.314 e. The van der Waals surface area contributed by atoms with Crippen LogP contribution in [-0.2, 0) is 0 Å². The predicted molar refractivity (Wildman–Crippen MR) is 58.0 cm³/mol. The van der Waals surface area contributed by atoms with E-state index in [4.69, 9.17) is 10.5 Å². The zero-order valence-corrected chi connectivity index (χ0v) is 8.88. The lowest BCUT2D eigenvalue weighted by Crippen LogP contribution is -2.27. The molecule has 0 rings (SSSR count). The number of primary amides is 3. The zero-order valence-electron chi connectivity index (χ0n) is 8.06. The van der Waals surface area contributed by atoms with Crippen LogP contribution in [0.4, 0.5) is 9.59 Å². The van der Waals surface area contributed by atoms with Crippen molar-refractivity contribution in [2.45, 2.75) is 0 Å². The molecule has 0 bridgehead atoms. The Bertz CT molecular complexity index is 175. The van der Waals surface area contributed by atoms with Gasteiger partial charge in [0.15, 0.2) is 5.11 Å². The van der Waals surface area contributed by atoms with Crippen LogP contribution in [0.2, 0.25) is 0 Å². The van der Waals surface area contributed by atoms with Crippen molar-refractivity contribution in [1.29, 1.82) is 0 Å². The van der Waals surface area contributed by atoms with Gasteiger partial charge in [-0.15, -0.1) is 0 Å². The Morgan fingerprint density at radius 3 is 1.07 bits per heavy atom. The minimum Gasteiger partial charge on any atom is -0.377 e. The average Bonchev–Trinajstić information content (AvgIpc) is 1.83. The van der Waals surface area contributed by atoms with Crippen LogP contribution >= 0.6 is 12.2 Å². The maximum atomic E-state index is 9.85. The molecule has 8 nitrogen and oxygen atoms in total. The standard InChI is InChI=1S/C3H8N2O.CH4N2O.CH4N2S/c1-5(2)3(4)6;2*2-1(3)4/h1-2H3,(H2,4,6);2*(H4,2,3,4). The van der Waals surface area contributed by atoms with Gasteiger partial charge < -0.3 is 33.6 Å². The minimum absolute atomic E-state index is 0.000000000000000222. The molecule has 14 heavy (non-hydrogen) atoms. The van der Waals surface area contributed by atoms with Gasteiger partial charge >= 0.3 is 12.1 Å². The summed E-state index contributed by atoms with van der Waals surface area (Å²) in [4.78, 5) is 20.2. The first-order valence-electron chi connectivity index (χ1n) is 3.17. The number of hydrogen-bond acceptors (Lipinski definition) is 3. The number of carbonyl (C=O) groups is 2. The van der Waals surface area contributed by atoms with Crippen molar-refractivity contribution in [3.63, 3.8) is 0 Å². The highest BCUT2D eigenvalue weighted by Crippen LogP contribution is 1.65. The number of nitrogens with zero attached hydrogens (tertiary/aromatic N) is 1. The summed E-state index contributed by atoms with van der Waals surface area (Å²) in [5, 5.41) is 0.000000000000000222. The molecule has 0 spiro atoms. The molecule has 0 atom stereocenters. The summed E-state index contributed by atoms with van der Waals surface area (Å²) in [6.45, 7) is 0. The summed E-state index contributed by atoms with van der Waals surface area (Å²) in [5.41, 5.74) is 22.5. The summed E-state index contributed by atoms with van der Waals surface area (Å²) < 4.78 is 0. The van der Waals surface area contributed by atoms with E-state index in [1.807, 2.05) is 0 Å². The van der Waals surface area contributed by atoms with Gasteiger partial charge in [0.05, 0.1) is 0 Å². The second kappa shape index (κ2) is 11.2. The van der Waals surface area contributed by atoms with Crippen LogP contribution in [0.3, 0.4) is 0 Å². The fourth-order valence-corrected chi connectivity index (χ4v) is 0. The number of urea groups is 2. The van der Waals surface area contributed by atoms with Crippen LogP contribution in [0.15, 0.2) is 0 Å². The highest BCUT2D eigenvalue weighted by Gasteiger charge is 1.88. The Hall–Kier alpha value is -1.77. The van der Waals surface area contributed by atoms with Gasteiger partial charge in [0.25, 0.3) is 0 Å². The van der Waals surface area contributed by atoms with E-state index < -0.39 is 12.1 Å². The quantitative estimate of drug-likeness (QED) is 0.295. The molecule has 0 aromatic heterocycles. The predicted octanol–water partition coefficient (Wildman–Crippen LogP) is -2.16. The Balaban J connectivity index is -0.000000135. The topological polar surface area (TPSA) is 167 Å². The molecule has 0 aliphatic heterocycles. The van der Waals surface area contributed by atoms with Gasteiger partial charge in [-0.2, -0.15) is 0 Å². The zero-order chi connectivity index (χ0) is 12.3. The molecule has 0 aromatic carbocycles. The number of thiocarbonyl (C=S) groups is 1. The first-order chi connectivity index (χ1) is 6.11. The molecule has 0 saturated heterocycles. The van der Waals surface area contributed by atoms with Gasteiger partial charge in [-0.05, 0) is 12.2 Å². The molecule has 0 radical (unpaired) electrons. The second-order valence-electron chi connectivity index (χ2n) is 2.04. The Labute approximate surface area is 87.4 Å². The number of rotatable bonds is 0. The van der Waals surface area contributed by atoms with Crippen LogP contribution < -0.4 is 28.7 Å². The third-order valence-electron chi connectivity index (χ3n) is 0.441. The van der Waals surface area contributed by atoms with Crippen molar-refractivity contribution in [3.05, 3.63) is 0 Å². The van der Waals surface area contributed by atoms with E-state index in [-0.39, 0.29) is 5.11 Å². The van der Waals surface area contributed by atoms with Crippen molar-refractivity contribution in [2.24, 2.45) is 28.7 Å². The molecule has 0 aliphatic rings. The van der Waals surface area contributed by atoms with E-state index in [9.17, 15) is 4.79 Å². The first-order valence-corrected chi connectivity index (χ1v) is 3.58. The smallest absolute Gasteiger partial charge is 0.314 e. The van der Waals surface area contributed by atoms with Crippen molar-refractivity contribution in [2.75, 3.05) is 14.1 Å². The number of nitrogens with two attached hydrogens (primary N) is 5. The number of hydrogen-bond donors (Lipinski definition) is 5. The second-order valence-corrected chi connectivity index (χ2v) is 2.51.